The van der Waals surface area contributed by atoms with Gasteiger partial charge in [0.25, 0.3) is 15.9 Å². The van der Waals surface area contributed by atoms with Crippen LogP contribution in [0.1, 0.15) is 28.8 Å². The fourth-order valence-electron chi connectivity index (χ4n) is 3.52. The zero-order valence-electron chi connectivity index (χ0n) is 17.2. The highest BCUT2D eigenvalue weighted by atomic mass is 32.2. The van der Waals surface area contributed by atoms with Crippen molar-refractivity contribution in [3.05, 3.63) is 71.8 Å². The van der Waals surface area contributed by atoms with Crippen LogP contribution in [0.25, 0.3) is 10.4 Å². The fourth-order valence-corrected chi connectivity index (χ4v) is 6.51. The number of carbonyl (C=O) groups excluding carboxylic acids is 1. The summed E-state index contributed by atoms with van der Waals surface area (Å²) in [4.78, 5) is 13.3. The zero-order chi connectivity index (χ0) is 21.8. The van der Waals surface area contributed by atoms with Gasteiger partial charge in [0.05, 0.1) is 7.11 Å². The summed E-state index contributed by atoms with van der Waals surface area (Å²) in [6.45, 7) is 1.59. The van der Waals surface area contributed by atoms with Gasteiger partial charge in [-0.15, -0.1) is 11.3 Å². The summed E-state index contributed by atoms with van der Waals surface area (Å²) < 4.78 is 32.6. The Labute approximate surface area is 186 Å². The number of thiophene rings is 1. The number of sulfonamides is 1. The van der Waals surface area contributed by atoms with E-state index in [1.807, 2.05) is 42.5 Å². The highest BCUT2D eigenvalue weighted by molar-refractivity contribution is 7.91. The van der Waals surface area contributed by atoms with Crippen molar-refractivity contribution in [2.24, 2.45) is 0 Å². The maximum atomic E-state index is 12.7. The van der Waals surface area contributed by atoms with Crippen molar-refractivity contribution in [1.29, 1.82) is 0 Å². The van der Waals surface area contributed by atoms with E-state index in [4.69, 9.17) is 4.74 Å². The van der Waals surface area contributed by atoms with Crippen molar-refractivity contribution in [3.8, 4) is 16.2 Å². The Bertz CT molecular complexity index is 1160. The van der Waals surface area contributed by atoms with Gasteiger partial charge in [0, 0.05) is 30.1 Å². The van der Waals surface area contributed by atoms with Gasteiger partial charge in [0.1, 0.15) is 9.96 Å². The van der Waals surface area contributed by atoms with Gasteiger partial charge in [0.15, 0.2) is 0 Å². The van der Waals surface area contributed by atoms with Crippen LogP contribution in [0.4, 0.5) is 0 Å². The van der Waals surface area contributed by atoms with Crippen LogP contribution < -0.4 is 10.1 Å². The molecule has 8 heteroatoms. The first kappa shape index (κ1) is 21.5. The van der Waals surface area contributed by atoms with Gasteiger partial charge >= 0.3 is 0 Å². The topological polar surface area (TPSA) is 75.7 Å². The van der Waals surface area contributed by atoms with Gasteiger partial charge in [0.2, 0.25) is 0 Å². The molecule has 3 aromatic rings. The quantitative estimate of drug-likeness (QED) is 0.580. The molecular formula is C23H24N2O4S2. The fraction of sp³-hybridized carbons (Fsp3) is 0.261. The van der Waals surface area contributed by atoms with Gasteiger partial charge in [-0.1, -0.05) is 24.3 Å². The van der Waals surface area contributed by atoms with E-state index in [9.17, 15) is 13.2 Å². The van der Waals surface area contributed by atoms with E-state index in [1.54, 1.807) is 29.6 Å². The van der Waals surface area contributed by atoms with Crippen molar-refractivity contribution in [2.75, 3.05) is 20.2 Å². The third-order valence-electron chi connectivity index (χ3n) is 5.26. The molecule has 4 rings (SSSR count). The predicted octanol–water partition coefficient (Wildman–Crippen LogP) is 4.14. The molecule has 1 amide bonds. The molecule has 0 unspecified atom stereocenters. The van der Waals surface area contributed by atoms with Gasteiger partial charge < -0.3 is 10.1 Å². The molecule has 1 saturated heterocycles. The number of nitrogens with one attached hydrogen (secondary N) is 1. The second-order valence-corrected chi connectivity index (χ2v) is 10.6. The summed E-state index contributed by atoms with van der Waals surface area (Å²) in [6, 6.07) is 18.2. The molecule has 2 aromatic carbocycles. The number of hydrogen-bond donors (Lipinski definition) is 1. The molecule has 1 aliphatic heterocycles. The number of benzene rings is 2. The Morgan fingerprint density at radius 3 is 2.52 bits per heavy atom. The number of methoxy groups -OCH3 is 1. The largest absolute Gasteiger partial charge is 0.497 e. The van der Waals surface area contributed by atoms with Crippen LogP contribution in [-0.4, -0.2) is 38.8 Å². The standard InChI is InChI=1S/C23H24N2O4S2/c1-29-20-6-4-5-17(15-20)16-24-23(26)19-9-7-18(8-10-19)21-11-12-22(30-21)31(27,28)25-13-2-3-14-25/h4-12,15H,2-3,13-14,16H2,1H3,(H,24,26). The second kappa shape index (κ2) is 9.21. The maximum absolute atomic E-state index is 12.7. The minimum atomic E-state index is -3.41. The highest BCUT2D eigenvalue weighted by Crippen LogP contribution is 2.33. The molecule has 0 saturated carbocycles. The number of ether oxygens (including phenoxy) is 1. The second-order valence-electron chi connectivity index (χ2n) is 7.34. The lowest BCUT2D eigenvalue weighted by molar-refractivity contribution is 0.0951. The first-order valence-electron chi connectivity index (χ1n) is 10.1. The van der Waals surface area contributed by atoms with Crippen LogP contribution in [0.15, 0.2) is 64.9 Å². The van der Waals surface area contributed by atoms with Gasteiger partial charge in [-0.05, 0) is 60.4 Å². The molecule has 1 aliphatic rings. The molecule has 0 radical (unpaired) electrons. The zero-order valence-corrected chi connectivity index (χ0v) is 18.8. The summed E-state index contributed by atoms with van der Waals surface area (Å²) in [5.74, 6) is 0.580. The van der Waals surface area contributed by atoms with Crippen LogP contribution in [0.2, 0.25) is 0 Å². The van der Waals surface area contributed by atoms with E-state index < -0.39 is 10.0 Å². The van der Waals surface area contributed by atoms with Crippen LogP contribution >= 0.6 is 11.3 Å². The molecule has 162 valence electrons. The highest BCUT2D eigenvalue weighted by Gasteiger charge is 2.28. The summed E-state index contributed by atoms with van der Waals surface area (Å²) in [7, 11) is -1.80. The molecule has 0 spiro atoms. The molecular weight excluding hydrogens is 432 g/mol. The monoisotopic (exact) mass is 456 g/mol. The van der Waals surface area contributed by atoms with E-state index in [0.717, 1.165) is 34.6 Å². The van der Waals surface area contributed by atoms with Gasteiger partial charge in [-0.3, -0.25) is 4.79 Å². The molecule has 0 bridgehead atoms. The molecule has 31 heavy (non-hydrogen) atoms. The van der Waals surface area contributed by atoms with Crippen molar-refractivity contribution < 1.29 is 17.9 Å². The van der Waals surface area contributed by atoms with E-state index >= 15 is 0 Å². The van der Waals surface area contributed by atoms with Crippen molar-refractivity contribution >= 4 is 27.3 Å². The molecule has 2 heterocycles. The van der Waals surface area contributed by atoms with Gasteiger partial charge in [-0.25, -0.2) is 8.42 Å². The molecule has 1 aromatic heterocycles. The number of rotatable bonds is 7. The van der Waals surface area contributed by atoms with E-state index in [0.29, 0.717) is 29.4 Å². The first-order valence-corrected chi connectivity index (χ1v) is 12.3. The van der Waals surface area contributed by atoms with Crippen LogP contribution in [0.5, 0.6) is 5.75 Å². The molecule has 1 fully saturated rings. The van der Waals surface area contributed by atoms with E-state index in [1.165, 1.54) is 11.3 Å². The minimum Gasteiger partial charge on any atom is -0.497 e. The summed E-state index contributed by atoms with van der Waals surface area (Å²) >= 11 is 1.26. The van der Waals surface area contributed by atoms with E-state index in [2.05, 4.69) is 5.32 Å². The van der Waals surface area contributed by atoms with E-state index in [-0.39, 0.29) is 5.91 Å². The van der Waals surface area contributed by atoms with Gasteiger partial charge in [-0.2, -0.15) is 4.31 Å². The van der Waals surface area contributed by atoms with Crippen molar-refractivity contribution in [3.63, 3.8) is 0 Å². The van der Waals surface area contributed by atoms with Crippen molar-refractivity contribution in [1.82, 2.24) is 9.62 Å². The Morgan fingerprint density at radius 2 is 1.81 bits per heavy atom. The Morgan fingerprint density at radius 1 is 1.06 bits per heavy atom. The predicted molar refractivity (Wildman–Crippen MR) is 122 cm³/mol. The molecule has 0 atom stereocenters. The number of carbonyl (C=O) groups is 1. The summed E-state index contributed by atoms with van der Waals surface area (Å²) in [6.07, 6.45) is 1.83. The number of amides is 1. The first-order chi connectivity index (χ1) is 15.0. The van der Waals surface area contributed by atoms with Crippen LogP contribution in [0.3, 0.4) is 0 Å². The average molecular weight is 457 g/mol. The van der Waals surface area contributed by atoms with Crippen LogP contribution in [-0.2, 0) is 16.6 Å². The average Bonchev–Trinajstić information content (AvgIpc) is 3.51. The smallest absolute Gasteiger partial charge is 0.252 e. The SMILES string of the molecule is COc1cccc(CNC(=O)c2ccc(-c3ccc(S(=O)(=O)N4CCCC4)s3)cc2)c1. The maximum Gasteiger partial charge on any atom is 0.252 e. The normalized spacial score (nSPS) is 14.5. The Hall–Kier alpha value is -2.68. The minimum absolute atomic E-state index is 0.169. The van der Waals surface area contributed by atoms with Crippen LogP contribution in [0, 0.1) is 0 Å². The third-order valence-corrected chi connectivity index (χ3v) is 8.76. The molecule has 6 nitrogen and oxygen atoms in total. The third kappa shape index (κ3) is 4.81. The van der Waals surface area contributed by atoms with Crippen molar-refractivity contribution in [2.45, 2.75) is 23.6 Å². The Balaban J connectivity index is 1.42. The molecule has 1 N–H and O–H groups in total. The summed E-state index contributed by atoms with van der Waals surface area (Å²) in [5, 5.41) is 2.90. The number of nitrogens with zero attached hydrogens (tertiary/aromatic N) is 1. The lowest BCUT2D eigenvalue weighted by Gasteiger charge is -2.13. The number of hydrogen-bond acceptors (Lipinski definition) is 5. The molecule has 0 aliphatic carbocycles. The lowest BCUT2D eigenvalue weighted by Crippen LogP contribution is -2.27. The Kier molecular flexibility index (Phi) is 6.41. The lowest BCUT2D eigenvalue weighted by atomic mass is 10.1. The summed E-state index contributed by atoms with van der Waals surface area (Å²) in [5.41, 5.74) is 2.39.